The number of anilines is 2. The van der Waals surface area contributed by atoms with Crippen LogP contribution in [-0.2, 0) is 11.3 Å². The Hall–Kier alpha value is -3.46. The highest BCUT2D eigenvalue weighted by atomic mass is 35.5. The van der Waals surface area contributed by atoms with Gasteiger partial charge in [-0.3, -0.25) is 19.4 Å². The van der Waals surface area contributed by atoms with Gasteiger partial charge in [-0.05, 0) is 56.5 Å². The summed E-state index contributed by atoms with van der Waals surface area (Å²) in [4.78, 5) is 42.7. The van der Waals surface area contributed by atoms with Crippen LogP contribution in [0.15, 0.2) is 24.3 Å². The molecule has 3 saturated heterocycles. The van der Waals surface area contributed by atoms with Crippen molar-refractivity contribution in [3.8, 4) is 6.07 Å². The number of nitriles is 1. The van der Waals surface area contributed by atoms with Crippen LogP contribution in [0.1, 0.15) is 54.2 Å². The van der Waals surface area contributed by atoms with Crippen LogP contribution in [0.5, 0.6) is 0 Å². The standard InChI is InChI=1S/C29H38ClN9O2/c1-3-21-18-38(27-25(30)34-24(26(32)35-27)28(40)33-23-10-11-36(2)29(23)41)14-15-39(21)22-8-12-37(13-9-22)17-20-6-4-19(16-31)5-7-20/h4-7,21-23H,3,8-15,17-18H2,1-2H3,(H2,32,35)(H,33,40)/t21-,23-/m0/s1. The average molecular weight is 580 g/mol. The Morgan fingerprint density at radius 1 is 1.12 bits per heavy atom. The summed E-state index contributed by atoms with van der Waals surface area (Å²) in [7, 11) is 1.71. The SMILES string of the molecule is CC[C@H]1CN(c2nc(N)c(C(=O)N[C@H]3CCN(C)C3=O)nc2Cl)CCN1C1CCN(Cc2ccc(C#N)cc2)CC1. The Labute approximate surface area is 246 Å². The van der Waals surface area contributed by atoms with Crippen LogP contribution >= 0.6 is 11.6 Å². The van der Waals surface area contributed by atoms with E-state index in [4.69, 9.17) is 22.6 Å². The summed E-state index contributed by atoms with van der Waals surface area (Å²) in [5.74, 6) is -0.175. The third-order valence-corrected chi connectivity index (χ3v) is 8.88. The molecule has 2 amide bonds. The summed E-state index contributed by atoms with van der Waals surface area (Å²) in [6.07, 6.45) is 3.76. The number of piperazine rings is 1. The number of carbonyl (C=O) groups excluding carboxylic acids is 2. The second-order valence-corrected chi connectivity index (χ2v) is 11.6. The number of hydrogen-bond donors (Lipinski definition) is 2. The molecule has 3 N–H and O–H groups in total. The fourth-order valence-electron chi connectivity index (χ4n) is 6.23. The molecule has 2 atom stereocenters. The molecule has 5 rings (SSSR count). The van der Waals surface area contributed by atoms with E-state index in [1.54, 1.807) is 11.9 Å². The quantitative estimate of drug-likeness (QED) is 0.505. The molecule has 0 aliphatic carbocycles. The molecule has 218 valence electrons. The van der Waals surface area contributed by atoms with Gasteiger partial charge in [0.1, 0.15) is 6.04 Å². The van der Waals surface area contributed by atoms with Gasteiger partial charge in [0.05, 0.1) is 11.6 Å². The molecule has 0 saturated carbocycles. The van der Waals surface area contributed by atoms with E-state index in [0.29, 0.717) is 36.4 Å². The Morgan fingerprint density at radius 2 is 1.85 bits per heavy atom. The molecule has 1 aromatic heterocycles. The van der Waals surface area contributed by atoms with Gasteiger partial charge in [0.25, 0.3) is 5.91 Å². The number of halogens is 1. The van der Waals surface area contributed by atoms with Gasteiger partial charge >= 0.3 is 0 Å². The van der Waals surface area contributed by atoms with Crippen LogP contribution in [0.25, 0.3) is 0 Å². The normalized spacial score (nSPS) is 22.6. The Morgan fingerprint density at radius 3 is 2.49 bits per heavy atom. The number of amides is 2. The molecule has 0 unspecified atom stereocenters. The third kappa shape index (κ3) is 6.40. The van der Waals surface area contributed by atoms with Gasteiger partial charge in [0, 0.05) is 51.9 Å². The van der Waals surface area contributed by atoms with Gasteiger partial charge in [-0.1, -0.05) is 30.7 Å². The molecule has 12 heteroatoms. The maximum Gasteiger partial charge on any atom is 0.274 e. The van der Waals surface area contributed by atoms with E-state index in [-0.39, 0.29) is 22.6 Å². The zero-order chi connectivity index (χ0) is 29.1. The van der Waals surface area contributed by atoms with E-state index in [9.17, 15) is 9.59 Å². The number of nitrogens with one attached hydrogen (secondary N) is 1. The summed E-state index contributed by atoms with van der Waals surface area (Å²) < 4.78 is 0. The lowest BCUT2D eigenvalue weighted by molar-refractivity contribution is -0.128. The Kier molecular flexibility index (Phi) is 8.92. The van der Waals surface area contributed by atoms with E-state index in [0.717, 1.165) is 58.5 Å². The molecular formula is C29H38ClN9O2. The summed E-state index contributed by atoms with van der Waals surface area (Å²) >= 11 is 6.56. The maximum atomic E-state index is 12.8. The van der Waals surface area contributed by atoms with Crippen LogP contribution < -0.4 is 16.0 Å². The number of likely N-dealkylation sites (N-methyl/N-ethyl adjacent to an activating group) is 1. The second kappa shape index (κ2) is 12.6. The number of nitrogens with two attached hydrogens (primary N) is 1. The summed E-state index contributed by atoms with van der Waals surface area (Å²) in [5.41, 5.74) is 8.06. The van der Waals surface area contributed by atoms with Crippen LogP contribution in [-0.4, -0.2) is 101 Å². The van der Waals surface area contributed by atoms with Gasteiger partial charge in [-0.25, -0.2) is 9.97 Å². The lowest BCUT2D eigenvalue weighted by Gasteiger charge is -2.47. The summed E-state index contributed by atoms with van der Waals surface area (Å²) in [5, 5.41) is 11.9. The molecule has 3 aliphatic heterocycles. The third-order valence-electron chi connectivity index (χ3n) is 8.63. The molecule has 3 aliphatic rings. The first-order valence-corrected chi connectivity index (χ1v) is 14.8. The molecule has 2 aromatic rings. The Balaban J connectivity index is 1.18. The van der Waals surface area contributed by atoms with Crippen molar-refractivity contribution < 1.29 is 9.59 Å². The van der Waals surface area contributed by atoms with E-state index in [1.807, 2.05) is 24.3 Å². The summed E-state index contributed by atoms with van der Waals surface area (Å²) in [6, 6.07) is 10.3. The van der Waals surface area contributed by atoms with Crippen molar-refractivity contribution >= 4 is 35.1 Å². The molecule has 41 heavy (non-hydrogen) atoms. The van der Waals surface area contributed by atoms with Crippen molar-refractivity contribution in [2.45, 2.75) is 57.3 Å². The summed E-state index contributed by atoms with van der Waals surface area (Å²) in [6.45, 7) is 8.17. The maximum absolute atomic E-state index is 12.8. The first kappa shape index (κ1) is 29.0. The van der Waals surface area contributed by atoms with Crippen LogP contribution in [0.2, 0.25) is 5.15 Å². The first-order valence-electron chi connectivity index (χ1n) is 14.4. The molecule has 0 spiro atoms. The van der Waals surface area contributed by atoms with Crippen molar-refractivity contribution in [3.05, 3.63) is 46.2 Å². The second-order valence-electron chi connectivity index (χ2n) is 11.2. The van der Waals surface area contributed by atoms with E-state index in [2.05, 4.69) is 43.0 Å². The minimum Gasteiger partial charge on any atom is -0.382 e. The molecule has 3 fully saturated rings. The topological polar surface area (TPSA) is 135 Å². The predicted molar refractivity (Wildman–Crippen MR) is 157 cm³/mol. The number of hydrogen-bond acceptors (Lipinski definition) is 9. The number of likely N-dealkylation sites (tertiary alicyclic amines) is 2. The largest absolute Gasteiger partial charge is 0.382 e. The molecular weight excluding hydrogens is 542 g/mol. The van der Waals surface area contributed by atoms with Crippen molar-refractivity contribution in [2.24, 2.45) is 0 Å². The molecule has 11 nitrogen and oxygen atoms in total. The fraction of sp³-hybridized carbons (Fsp3) is 0.552. The van der Waals surface area contributed by atoms with Crippen LogP contribution in [0, 0.1) is 11.3 Å². The highest BCUT2D eigenvalue weighted by Gasteiger charge is 2.35. The lowest BCUT2D eigenvalue weighted by atomic mass is 9.97. The smallest absolute Gasteiger partial charge is 0.274 e. The van der Waals surface area contributed by atoms with Crippen molar-refractivity contribution in [1.82, 2.24) is 30.0 Å². The van der Waals surface area contributed by atoms with Crippen molar-refractivity contribution in [1.29, 1.82) is 5.26 Å². The van der Waals surface area contributed by atoms with Crippen LogP contribution in [0.3, 0.4) is 0 Å². The first-order chi connectivity index (χ1) is 19.8. The van der Waals surface area contributed by atoms with Crippen molar-refractivity contribution in [2.75, 3.05) is 56.9 Å². The minimum atomic E-state index is -0.589. The predicted octanol–water partition coefficient (Wildman–Crippen LogP) is 2.11. The molecule has 0 bridgehead atoms. The number of benzene rings is 1. The van der Waals surface area contributed by atoms with Gasteiger partial charge in [0.2, 0.25) is 5.91 Å². The zero-order valence-corrected chi connectivity index (χ0v) is 24.5. The highest BCUT2D eigenvalue weighted by Crippen LogP contribution is 2.30. The van der Waals surface area contributed by atoms with Gasteiger partial charge in [0.15, 0.2) is 22.5 Å². The van der Waals surface area contributed by atoms with Gasteiger partial charge in [-0.15, -0.1) is 0 Å². The Bertz CT molecular complexity index is 1310. The number of rotatable bonds is 7. The van der Waals surface area contributed by atoms with Gasteiger partial charge < -0.3 is 20.9 Å². The number of aromatic nitrogens is 2. The highest BCUT2D eigenvalue weighted by molar-refractivity contribution is 6.32. The monoisotopic (exact) mass is 579 g/mol. The minimum absolute atomic E-state index is 0.00538. The lowest BCUT2D eigenvalue weighted by Crippen LogP contribution is -2.58. The number of nitrogen functional groups attached to an aromatic ring is 1. The molecule has 1 aromatic carbocycles. The molecule has 0 radical (unpaired) electrons. The van der Waals surface area contributed by atoms with Crippen molar-refractivity contribution in [3.63, 3.8) is 0 Å². The van der Waals surface area contributed by atoms with E-state index >= 15 is 0 Å². The van der Waals surface area contributed by atoms with Crippen LogP contribution in [0.4, 0.5) is 11.6 Å². The number of carbonyl (C=O) groups is 2. The van der Waals surface area contributed by atoms with E-state index < -0.39 is 11.9 Å². The van der Waals surface area contributed by atoms with E-state index in [1.165, 1.54) is 5.56 Å². The molecule has 4 heterocycles. The average Bonchev–Trinajstić information content (AvgIpc) is 3.30. The number of nitrogens with zero attached hydrogens (tertiary/aromatic N) is 7. The number of piperidine rings is 1. The zero-order valence-electron chi connectivity index (χ0n) is 23.7. The van der Waals surface area contributed by atoms with Gasteiger partial charge in [-0.2, -0.15) is 5.26 Å². The fourth-order valence-corrected chi connectivity index (χ4v) is 6.47.